The summed E-state index contributed by atoms with van der Waals surface area (Å²) in [4.78, 5) is 4.26. The van der Waals surface area contributed by atoms with Gasteiger partial charge in [0.05, 0.1) is 0 Å². The van der Waals surface area contributed by atoms with Crippen molar-refractivity contribution in [2.45, 2.75) is 32.6 Å². The lowest BCUT2D eigenvalue weighted by Crippen LogP contribution is -1.87. The van der Waals surface area contributed by atoms with Crippen LogP contribution in [0.3, 0.4) is 0 Å². The van der Waals surface area contributed by atoms with Gasteiger partial charge in [-0.1, -0.05) is 13.0 Å². The number of hydrogen-bond donors (Lipinski definition) is 0. The van der Waals surface area contributed by atoms with Crippen molar-refractivity contribution >= 4 is 5.57 Å². The van der Waals surface area contributed by atoms with Gasteiger partial charge in [-0.3, -0.25) is 4.98 Å². The summed E-state index contributed by atoms with van der Waals surface area (Å²) in [5.74, 6) is 0. The minimum atomic E-state index is 1.08. The van der Waals surface area contributed by atoms with E-state index in [1.807, 2.05) is 12.4 Å². The van der Waals surface area contributed by atoms with Gasteiger partial charge in [0.15, 0.2) is 0 Å². The number of rotatable bonds is 2. The van der Waals surface area contributed by atoms with E-state index in [1.165, 1.54) is 36.0 Å². The molecule has 0 spiro atoms. The van der Waals surface area contributed by atoms with Gasteiger partial charge in [0, 0.05) is 12.4 Å². The molecular formula is C12H15N. The maximum atomic E-state index is 4.26. The third-order valence-corrected chi connectivity index (χ3v) is 2.61. The number of aryl methyl sites for hydroxylation is 1. The summed E-state index contributed by atoms with van der Waals surface area (Å²) in [6.45, 7) is 2.17. The molecule has 0 saturated heterocycles. The lowest BCUT2D eigenvalue weighted by atomic mass is 10.1. The van der Waals surface area contributed by atoms with Crippen LogP contribution >= 0.6 is 0 Å². The molecule has 0 unspecified atom stereocenters. The second kappa shape index (κ2) is 3.73. The first-order valence-electron chi connectivity index (χ1n) is 5.03. The van der Waals surface area contributed by atoms with E-state index in [0.717, 1.165) is 6.42 Å². The molecule has 1 aliphatic carbocycles. The van der Waals surface area contributed by atoms with Gasteiger partial charge in [-0.15, -0.1) is 0 Å². The molecule has 0 aliphatic heterocycles. The van der Waals surface area contributed by atoms with Gasteiger partial charge >= 0.3 is 0 Å². The predicted molar refractivity (Wildman–Crippen MR) is 55.4 cm³/mol. The summed E-state index contributed by atoms with van der Waals surface area (Å²) >= 11 is 0. The van der Waals surface area contributed by atoms with Crippen LogP contribution in [0.2, 0.25) is 0 Å². The van der Waals surface area contributed by atoms with Crippen LogP contribution in [0.15, 0.2) is 24.5 Å². The Labute approximate surface area is 79.5 Å². The van der Waals surface area contributed by atoms with Crippen molar-refractivity contribution in [1.29, 1.82) is 0 Å². The molecule has 2 rings (SSSR count). The van der Waals surface area contributed by atoms with E-state index in [4.69, 9.17) is 0 Å². The number of aromatic nitrogens is 1. The molecule has 0 fully saturated rings. The Morgan fingerprint density at radius 1 is 1.38 bits per heavy atom. The van der Waals surface area contributed by atoms with E-state index in [0.29, 0.717) is 0 Å². The Kier molecular flexibility index (Phi) is 2.44. The van der Waals surface area contributed by atoms with Crippen LogP contribution in [0, 0.1) is 0 Å². The predicted octanol–water partition coefficient (Wildman–Crippen LogP) is 3.21. The largest absolute Gasteiger partial charge is 0.264 e. The second-order valence-corrected chi connectivity index (χ2v) is 3.56. The summed E-state index contributed by atoms with van der Waals surface area (Å²) in [6.07, 6.45) is 11.1. The van der Waals surface area contributed by atoms with E-state index in [9.17, 15) is 0 Å². The van der Waals surface area contributed by atoms with Crippen molar-refractivity contribution in [3.05, 3.63) is 35.7 Å². The van der Waals surface area contributed by atoms with Gasteiger partial charge in [0.1, 0.15) is 0 Å². The van der Waals surface area contributed by atoms with Crippen molar-refractivity contribution in [2.75, 3.05) is 0 Å². The average molecular weight is 173 g/mol. The standard InChI is InChI=1S/C12H15N/c1-2-10-7-12(9-13-8-10)11-5-3-4-6-11/h5,7-9H,2-4,6H2,1H3. The normalized spacial score (nSPS) is 15.9. The van der Waals surface area contributed by atoms with Crippen LogP contribution in [-0.2, 0) is 6.42 Å². The smallest absolute Gasteiger partial charge is 0.0343 e. The van der Waals surface area contributed by atoms with Crippen molar-refractivity contribution in [3.8, 4) is 0 Å². The SMILES string of the molecule is CCc1cncc(C2=CCCC2)c1. The molecule has 1 heterocycles. The zero-order valence-corrected chi connectivity index (χ0v) is 8.09. The van der Waals surface area contributed by atoms with Crippen molar-refractivity contribution in [2.24, 2.45) is 0 Å². The van der Waals surface area contributed by atoms with Gasteiger partial charge in [-0.05, 0) is 48.4 Å². The van der Waals surface area contributed by atoms with E-state index in [2.05, 4.69) is 24.1 Å². The molecule has 1 aromatic rings. The fourth-order valence-electron chi connectivity index (χ4n) is 1.79. The highest BCUT2D eigenvalue weighted by molar-refractivity contribution is 5.66. The Bertz CT molecular complexity index is 326. The van der Waals surface area contributed by atoms with Crippen LogP contribution in [0.1, 0.15) is 37.3 Å². The molecule has 0 bridgehead atoms. The Morgan fingerprint density at radius 3 is 3.00 bits per heavy atom. The zero-order chi connectivity index (χ0) is 9.10. The van der Waals surface area contributed by atoms with Crippen LogP contribution in [0.5, 0.6) is 0 Å². The van der Waals surface area contributed by atoms with Crippen LogP contribution in [0.4, 0.5) is 0 Å². The molecule has 68 valence electrons. The van der Waals surface area contributed by atoms with E-state index in [-0.39, 0.29) is 0 Å². The van der Waals surface area contributed by atoms with Gasteiger partial charge in [-0.25, -0.2) is 0 Å². The molecule has 0 N–H and O–H groups in total. The maximum absolute atomic E-state index is 4.26. The molecular weight excluding hydrogens is 158 g/mol. The number of nitrogens with zero attached hydrogens (tertiary/aromatic N) is 1. The molecule has 0 saturated carbocycles. The maximum Gasteiger partial charge on any atom is 0.0343 e. The molecule has 0 atom stereocenters. The summed E-state index contributed by atoms with van der Waals surface area (Å²) in [7, 11) is 0. The molecule has 13 heavy (non-hydrogen) atoms. The fourth-order valence-corrected chi connectivity index (χ4v) is 1.79. The molecule has 1 aromatic heterocycles. The van der Waals surface area contributed by atoms with Crippen molar-refractivity contribution in [3.63, 3.8) is 0 Å². The summed E-state index contributed by atoms with van der Waals surface area (Å²) in [5, 5.41) is 0. The van der Waals surface area contributed by atoms with Crippen molar-refractivity contribution < 1.29 is 0 Å². The average Bonchev–Trinajstić information content (AvgIpc) is 2.71. The van der Waals surface area contributed by atoms with Crippen LogP contribution < -0.4 is 0 Å². The molecule has 1 aliphatic rings. The highest BCUT2D eigenvalue weighted by Gasteiger charge is 2.07. The molecule has 0 amide bonds. The minimum Gasteiger partial charge on any atom is -0.264 e. The minimum absolute atomic E-state index is 1.08. The van der Waals surface area contributed by atoms with Gasteiger partial charge in [0.25, 0.3) is 0 Å². The highest BCUT2D eigenvalue weighted by atomic mass is 14.6. The lowest BCUT2D eigenvalue weighted by molar-refractivity contribution is 0.934. The second-order valence-electron chi connectivity index (χ2n) is 3.56. The van der Waals surface area contributed by atoms with E-state index >= 15 is 0 Å². The van der Waals surface area contributed by atoms with E-state index in [1.54, 1.807) is 0 Å². The first kappa shape index (κ1) is 8.49. The highest BCUT2D eigenvalue weighted by Crippen LogP contribution is 2.27. The fraction of sp³-hybridized carbons (Fsp3) is 0.417. The quantitative estimate of drug-likeness (QED) is 0.669. The molecule has 1 heteroatoms. The first-order chi connectivity index (χ1) is 6.40. The molecule has 0 radical (unpaired) electrons. The Balaban J connectivity index is 2.29. The van der Waals surface area contributed by atoms with Gasteiger partial charge < -0.3 is 0 Å². The summed E-state index contributed by atoms with van der Waals surface area (Å²) in [5.41, 5.74) is 4.16. The summed E-state index contributed by atoms with van der Waals surface area (Å²) < 4.78 is 0. The first-order valence-corrected chi connectivity index (χ1v) is 5.03. The van der Waals surface area contributed by atoms with Crippen LogP contribution in [0.25, 0.3) is 5.57 Å². The molecule has 1 nitrogen and oxygen atoms in total. The Morgan fingerprint density at radius 2 is 2.31 bits per heavy atom. The van der Waals surface area contributed by atoms with Gasteiger partial charge in [0.2, 0.25) is 0 Å². The molecule has 0 aromatic carbocycles. The van der Waals surface area contributed by atoms with Crippen molar-refractivity contribution in [1.82, 2.24) is 4.98 Å². The number of allylic oxidation sites excluding steroid dienone is 2. The van der Waals surface area contributed by atoms with Gasteiger partial charge in [-0.2, -0.15) is 0 Å². The monoisotopic (exact) mass is 173 g/mol. The lowest BCUT2D eigenvalue weighted by Gasteiger charge is -2.03. The number of hydrogen-bond acceptors (Lipinski definition) is 1. The third-order valence-electron chi connectivity index (χ3n) is 2.61. The number of pyridine rings is 1. The van der Waals surface area contributed by atoms with E-state index < -0.39 is 0 Å². The zero-order valence-electron chi connectivity index (χ0n) is 8.09. The topological polar surface area (TPSA) is 12.9 Å². The Hall–Kier alpha value is -1.11. The van der Waals surface area contributed by atoms with Crippen LogP contribution in [-0.4, -0.2) is 4.98 Å². The summed E-state index contributed by atoms with van der Waals surface area (Å²) in [6, 6.07) is 2.27. The third kappa shape index (κ3) is 1.80.